The van der Waals surface area contributed by atoms with Crippen molar-refractivity contribution in [1.29, 1.82) is 0 Å². The number of nitrogens with zero attached hydrogens (tertiary/aromatic N) is 3. The lowest BCUT2D eigenvalue weighted by Gasteiger charge is -2.31. The fourth-order valence-electron chi connectivity index (χ4n) is 3.46. The number of thiazole rings is 1. The molecule has 0 bridgehead atoms. The highest BCUT2D eigenvalue weighted by Gasteiger charge is 2.16. The number of aromatic nitrogens is 1. The van der Waals surface area contributed by atoms with Crippen molar-refractivity contribution in [2.75, 3.05) is 26.2 Å². The van der Waals surface area contributed by atoms with Crippen LogP contribution in [0.25, 0.3) is 0 Å². The molecule has 1 atom stereocenters. The van der Waals surface area contributed by atoms with E-state index in [1.807, 2.05) is 0 Å². The van der Waals surface area contributed by atoms with Gasteiger partial charge in [-0.3, -0.25) is 4.90 Å². The number of guanidine groups is 1. The van der Waals surface area contributed by atoms with Gasteiger partial charge in [-0.05, 0) is 30.9 Å². The molecule has 31 heavy (non-hydrogen) atoms. The van der Waals surface area contributed by atoms with Crippen molar-refractivity contribution in [3.8, 4) is 0 Å². The predicted molar refractivity (Wildman–Crippen MR) is 140 cm³/mol. The van der Waals surface area contributed by atoms with Crippen molar-refractivity contribution in [1.82, 2.24) is 20.5 Å². The van der Waals surface area contributed by atoms with Gasteiger partial charge >= 0.3 is 0 Å². The Morgan fingerprint density at radius 2 is 2.13 bits per heavy atom. The van der Waals surface area contributed by atoms with Crippen LogP contribution in [-0.4, -0.2) is 48.2 Å². The SMILES string of the molecule is CCNC(=NCc1cccc(CN2CCOC(C)C2)c1)NCc1nc(C(C)C)cs1.I. The first kappa shape index (κ1) is 26.0. The van der Waals surface area contributed by atoms with E-state index in [-0.39, 0.29) is 24.0 Å². The van der Waals surface area contributed by atoms with E-state index in [1.54, 1.807) is 11.3 Å². The Hall–Kier alpha value is -1.23. The maximum Gasteiger partial charge on any atom is 0.191 e. The van der Waals surface area contributed by atoms with Gasteiger partial charge in [0, 0.05) is 31.6 Å². The van der Waals surface area contributed by atoms with Gasteiger partial charge in [-0.2, -0.15) is 0 Å². The van der Waals surface area contributed by atoms with Gasteiger partial charge in [0.05, 0.1) is 31.5 Å². The molecule has 0 radical (unpaired) electrons. The molecular formula is C23H36IN5OS. The summed E-state index contributed by atoms with van der Waals surface area (Å²) in [5.74, 6) is 1.29. The van der Waals surface area contributed by atoms with Crippen LogP contribution in [0.5, 0.6) is 0 Å². The fraction of sp³-hybridized carbons (Fsp3) is 0.565. The third-order valence-corrected chi connectivity index (χ3v) is 5.92. The number of morpholine rings is 1. The van der Waals surface area contributed by atoms with Crippen LogP contribution in [0, 0.1) is 0 Å². The average Bonchev–Trinajstić information content (AvgIpc) is 3.20. The summed E-state index contributed by atoms with van der Waals surface area (Å²) in [4.78, 5) is 11.9. The number of ether oxygens (including phenoxy) is 1. The molecule has 1 aliphatic heterocycles. The van der Waals surface area contributed by atoms with Crippen LogP contribution in [0.15, 0.2) is 34.6 Å². The molecule has 1 saturated heterocycles. The van der Waals surface area contributed by atoms with Gasteiger partial charge in [0.15, 0.2) is 5.96 Å². The lowest BCUT2D eigenvalue weighted by molar-refractivity contribution is -0.0212. The fourth-order valence-corrected chi connectivity index (χ4v) is 4.36. The third kappa shape index (κ3) is 8.67. The minimum atomic E-state index is 0. The second kappa shape index (κ2) is 13.3. The second-order valence-corrected chi connectivity index (χ2v) is 9.05. The Morgan fingerprint density at radius 3 is 2.84 bits per heavy atom. The summed E-state index contributed by atoms with van der Waals surface area (Å²) in [6.07, 6.45) is 0.315. The molecule has 3 rings (SSSR count). The smallest absolute Gasteiger partial charge is 0.191 e. The van der Waals surface area contributed by atoms with Crippen molar-refractivity contribution in [3.05, 3.63) is 51.5 Å². The van der Waals surface area contributed by atoms with Crippen LogP contribution in [0.4, 0.5) is 0 Å². The van der Waals surface area contributed by atoms with E-state index in [1.165, 1.54) is 11.1 Å². The third-order valence-electron chi connectivity index (χ3n) is 5.05. The number of rotatable bonds is 8. The zero-order valence-electron chi connectivity index (χ0n) is 19.1. The molecule has 1 aliphatic rings. The van der Waals surface area contributed by atoms with E-state index in [9.17, 15) is 0 Å². The first-order valence-electron chi connectivity index (χ1n) is 10.9. The molecule has 1 aromatic heterocycles. The number of nitrogens with one attached hydrogen (secondary N) is 2. The van der Waals surface area contributed by atoms with Gasteiger partial charge in [-0.25, -0.2) is 9.98 Å². The minimum absolute atomic E-state index is 0. The maximum absolute atomic E-state index is 5.65. The average molecular weight is 558 g/mol. The molecule has 2 N–H and O–H groups in total. The highest BCUT2D eigenvalue weighted by Crippen LogP contribution is 2.17. The first-order valence-corrected chi connectivity index (χ1v) is 11.8. The van der Waals surface area contributed by atoms with E-state index in [0.29, 0.717) is 25.1 Å². The monoisotopic (exact) mass is 557 g/mol. The normalized spacial score (nSPS) is 17.5. The number of benzene rings is 1. The Balaban J connectivity index is 0.00000341. The number of hydrogen-bond acceptors (Lipinski definition) is 5. The summed E-state index contributed by atoms with van der Waals surface area (Å²) < 4.78 is 5.65. The van der Waals surface area contributed by atoms with Crippen LogP contribution in [0.2, 0.25) is 0 Å². The van der Waals surface area contributed by atoms with Crippen molar-refractivity contribution < 1.29 is 4.74 Å². The molecule has 2 aromatic rings. The van der Waals surface area contributed by atoms with Crippen LogP contribution in [-0.2, 0) is 24.4 Å². The van der Waals surface area contributed by atoms with Crippen molar-refractivity contribution in [2.45, 2.75) is 59.4 Å². The summed E-state index contributed by atoms with van der Waals surface area (Å²) in [7, 11) is 0. The lowest BCUT2D eigenvalue weighted by Crippen LogP contribution is -2.40. The number of hydrogen-bond donors (Lipinski definition) is 2. The minimum Gasteiger partial charge on any atom is -0.376 e. The van der Waals surface area contributed by atoms with Gasteiger partial charge in [0.25, 0.3) is 0 Å². The van der Waals surface area contributed by atoms with Crippen molar-refractivity contribution in [2.24, 2.45) is 4.99 Å². The highest BCUT2D eigenvalue weighted by atomic mass is 127. The number of aliphatic imine (C=N–C) groups is 1. The Morgan fingerprint density at radius 1 is 1.32 bits per heavy atom. The molecule has 6 nitrogen and oxygen atoms in total. The van der Waals surface area contributed by atoms with E-state index >= 15 is 0 Å². The molecule has 0 saturated carbocycles. The second-order valence-electron chi connectivity index (χ2n) is 8.11. The molecule has 0 aliphatic carbocycles. The Kier molecular flexibility index (Phi) is 11.2. The maximum atomic E-state index is 5.65. The van der Waals surface area contributed by atoms with Crippen molar-refractivity contribution in [3.63, 3.8) is 0 Å². The zero-order valence-corrected chi connectivity index (χ0v) is 22.2. The lowest BCUT2D eigenvalue weighted by atomic mass is 10.1. The first-order chi connectivity index (χ1) is 14.5. The van der Waals surface area contributed by atoms with Crippen LogP contribution in [0.3, 0.4) is 0 Å². The molecule has 1 aromatic carbocycles. The summed E-state index contributed by atoms with van der Waals surface area (Å²) in [6, 6.07) is 8.75. The largest absolute Gasteiger partial charge is 0.376 e. The molecule has 1 unspecified atom stereocenters. The topological polar surface area (TPSA) is 61.8 Å². The van der Waals surface area contributed by atoms with E-state index < -0.39 is 0 Å². The van der Waals surface area contributed by atoms with Gasteiger partial charge in [-0.15, -0.1) is 35.3 Å². The van der Waals surface area contributed by atoms with Gasteiger partial charge in [0.2, 0.25) is 0 Å². The Bertz CT molecular complexity index is 826. The summed E-state index contributed by atoms with van der Waals surface area (Å²) in [6.45, 7) is 14.5. The molecule has 2 heterocycles. The molecule has 0 spiro atoms. The van der Waals surface area contributed by atoms with E-state index in [4.69, 9.17) is 14.7 Å². The molecular weight excluding hydrogens is 521 g/mol. The molecule has 172 valence electrons. The van der Waals surface area contributed by atoms with Crippen molar-refractivity contribution >= 4 is 41.3 Å². The van der Waals surface area contributed by atoms with Gasteiger partial charge in [0.1, 0.15) is 5.01 Å². The standard InChI is InChI=1S/C23H35N5OS.HI/c1-5-24-23(26-13-22-27-21(16-30-22)17(2)3)25-12-19-7-6-8-20(11-19)15-28-9-10-29-18(4)14-28;/h6-8,11,16-18H,5,9-10,12-15H2,1-4H3,(H2,24,25,26);1H. The quantitative estimate of drug-likeness (QED) is 0.287. The van der Waals surface area contributed by atoms with Gasteiger partial charge < -0.3 is 15.4 Å². The summed E-state index contributed by atoms with van der Waals surface area (Å²) >= 11 is 1.70. The summed E-state index contributed by atoms with van der Waals surface area (Å²) in [5, 5.41) is 9.97. The van der Waals surface area contributed by atoms with Crippen LogP contribution >= 0.6 is 35.3 Å². The van der Waals surface area contributed by atoms with E-state index in [2.05, 4.69) is 72.9 Å². The number of halogens is 1. The molecule has 8 heteroatoms. The van der Waals surface area contributed by atoms with E-state index in [0.717, 1.165) is 49.4 Å². The summed E-state index contributed by atoms with van der Waals surface area (Å²) in [5.41, 5.74) is 3.71. The van der Waals surface area contributed by atoms with Gasteiger partial charge in [-0.1, -0.05) is 38.1 Å². The predicted octanol–water partition coefficient (Wildman–Crippen LogP) is 4.36. The van der Waals surface area contributed by atoms with Crippen LogP contribution < -0.4 is 10.6 Å². The zero-order chi connectivity index (χ0) is 21.3. The molecule has 1 fully saturated rings. The highest BCUT2D eigenvalue weighted by molar-refractivity contribution is 14.0. The van der Waals surface area contributed by atoms with Crippen LogP contribution in [0.1, 0.15) is 55.4 Å². The molecule has 0 amide bonds. The Labute approximate surface area is 207 Å².